The van der Waals surface area contributed by atoms with Gasteiger partial charge in [-0.05, 0) is 68.0 Å². The Balaban J connectivity index is 1.79. The van der Waals surface area contributed by atoms with E-state index in [0.717, 1.165) is 18.4 Å². The second-order valence-electron chi connectivity index (χ2n) is 7.74. The Kier molecular flexibility index (Phi) is 5.90. The van der Waals surface area contributed by atoms with Crippen LogP contribution >= 0.6 is 15.9 Å². The lowest BCUT2D eigenvalue weighted by Crippen LogP contribution is -2.31. The van der Waals surface area contributed by atoms with E-state index in [4.69, 9.17) is 0 Å². The minimum Gasteiger partial charge on any atom is -0.310 e. The number of rotatable bonds is 4. The predicted octanol–water partition coefficient (Wildman–Crippen LogP) is 5.95. The molecule has 1 aromatic rings. The van der Waals surface area contributed by atoms with Gasteiger partial charge in [0.05, 0.1) is 0 Å². The van der Waals surface area contributed by atoms with Crippen molar-refractivity contribution in [1.29, 1.82) is 0 Å². The third kappa shape index (κ3) is 4.82. The molecule has 1 atom stereocenters. The van der Waals surface area contributed by atoms with Gasteiger partial charge in [-0.25, -0.2) is 0 Å². The second kappa shape index (κ2) is 7.28. The highest BCUT2D eigenvalue weighted by Gasteiger charge is 2.29. The second-order valence-corrected chi connectivity index (χ2v) is 8.59. The molecule has 1 fully saturated rings. The molecule has 0 amide bonds. The third-order valence-electron chi connectivity index (χ3n) is 5.16. The Bertz CT molecular complexity index is 441. The summed E-state index contributed by atoms with van der Waals surface area (Å²) in [5, 5.41) is 3.73. The van der Waals surface area contributed by atoms with E-state index in [9.17, 15) is 0 Å². The summed E-state index contributed by atoms with van der Waals surface area (Å²) in [7, 11) is 0. The molecule has 1 aliphatic carbocycles. The van der Waals surface area contributed by atoms with Gasteiger partial charge in [0.1, 0.15) is 0 Å². The van der Waals surface area contributed by atoms with Crippen LogP contribution in [-0.4, -0.2) is 6.54 Å². The minimum atomic E-state index is 0.418. The van der Waals surface area contributed by atoms with Gasteiger partial charge in [0.15, 0.2) is 0 Å². The van der Waals surface area contributed by atoms with E-state index in [2.05, 4.69) is 73.2 Å². The lowest BCUT2D eigenvalue weighted by atomic mass is 9.70. The van der Waals surface area contributed by atoms with Crippen LogP contribution in [0.2, 0.25) is 0 Å². The molecule has 1 aliphatic rings. The smallest absolute Gasteiger partial charge is 0.0303 e. The average molecular weight is 352 g/mol. The normalized spacial score (nSPS) is 24.8. The first-order valence-electron chi connectivity index (χ1n) is 8.35. The number of hydrogen-bond acceptors (Lipinski definition) is 1. The van der Waals surface area contributed by atoms with Crippen molar-refractivity contribution in [3.63, 3.8) is 0 Å². The van der Waals surface area contributed by atoms with Crippen LogP contribution in [0.5, 0.6) is 0 Å². The maximum Gasteiger partial charge on any atom is 0.0303 e. The highest BCUT2D eigenvalue weighted by molar-refractivity contribution is 9.10. The molecule has 1 saturated carbocycles. The van der Waals surface area contributed by atoms with Crippen LogP contribution in [0.25, 0.3) is 0 Å². The maximum absolute atomic E-state index is 3.73. The van der Waals surface area contributed by atoms with Gasteiger partial charge in [-0.1, -0.05) is 54.9 Å². The van der Waals surface area contributed by atoms with Crippen molar-refractivity contribution in [3.05, 3.63) is 34.3 Å². The number of hydrogen-bond donors (Lipinski definition) is 1. The van der Waals surface area contributed by atoms with Crippen LogP contribution in [0.15, 0.2) is 28.7 Å². The summed E-state index contributed by atoms with van der Waals surface area (Å²) in [6, 6.07) is 8.95. The SMILES string of the molecule is CC(NCC1CCC(C(C)(C)C)CC1)c1ccccc1Br. The summed E-state index contributed by atoms with van der Waals surface area (Å²) < 4.78 is 1.21. The molecule has 0 spiro atoms. The molecule has 0 bridgehead atoms. The zero-order valence-corrected chi connectivity index (χ0v) is 15.5. The summed E-state index contributed by atoms with van der Waals surface area (Å²) in [5.74, 6) is 1.77. The Labute approximate surface area is 139 Å². The van der Waals surface area contributed by atoms with Crippen LogP contribution in [0, 0.1) is 17.3 Å². The molecule has 118 valence electrons. The van der Waals surface area contributed by atoms with Crippen molar-refractivity contribution in [2.45, 2.75) is 59.4 Å². The molecule has 0 aromatic heterocycles. The fourth-order valence-electron chi connectivity index (χ4n) is 3.51. The first-order valence-corrected chi connectivity index (χ1v) is 9.15. The van der Waals surface area contributed by atoms with Crippen molar-refractivity contribution in [2.75, 3.05) is 6.54 Å². The van der Waals surface area contributed by atoms with Crippen LogP contribution < -0.4 is 5.32 Å². The summed E-state index contributed by atoms with van der Waals surface area (Å²) in [6.45, 7) is 10.6. The van der Waals surface area contributed by atoms with E-state index in [0.29, 0.717) is 11.5 Å². The molecule has 1 nitrogen and oxygen atoms in total. The fourth-order valence-corrected chi connectivity index (χ4v) is 4.14. The van der Waals surface area contributed by atoms with Crippen molar-refractivity contribution in [3.8, 4) is 0 Å². The molecule has 1 N–H and O–H groups in total. The van der Waals surface area contributed by atoms with Crippen molar-refractivity contribution < 1.29 is 0 Å². The molecule has 21 heavy (non-hydrogen) atoms. The third-order valence-corrected chi connectivity index (χ3v) is 5.88. The van der Waals surface area contributed by atoms with Gasteiger partial charge in [0.2, 0.25) is 0 Å². The predicted molar refractivity (Wildman–Crippen MR) is 95.5 cm³/mol. The maximum atomic E-state index is 3.73. The highest BCUT2D eigenvalue weighted by atomic mass is 79.9. The van der Waals surface area contributed by atoms with E-state index in [1.165, 1.54) is 35.7 Å². The topological polar surface area (TPSA) is 12.0 Å². The van der Waals surface area contributed by atoms with Crippen LogP contribution in [0.3, 0.4) is 0 Å². The lowest BCUT2D eigenvalue weighted by Gasteiger charge is -2.37. The molecule has 1 aromatic carbocycles. The molecule has 0 aliphatic heterocycles. The Morgan fingerprint density at radius 3 is 2.33 bits per heavy atom. The lowest BCUT2D eigenvalue weighted by molar-refractivity contribution is 0.148. The van der Waals surface area contributed by atoms with Crippen LogP contribution in [0.1, 0.15) is 65.0 Å². The quantitative estimate of drug-likeness (QED) is 0.706. The van der Waals surface area contributed by atoms with Gasteiger partial charge >= 0.3 is 0 Å². The summed E-state index contributed by atoms with van der Waals surface area (Å²) in [4.78, 5) is 0. The molecule has 0 saturated heterocycles. The van der Waals surface area contributed by atoms with Gasteiger partial charge in [-0.2, -0.15) is 0 Å². The van der Waals surface area contributed by atoms with Crippen molar-refractivity contribution in [1.82, 2.24) is 5.32 Å². The fraction of sp³-hybridized carbons (Fsp3) is 0.684. The van der Waals surface area contributed by atoms with E-state index < -0.39 is 0 Å². The van der Waals surface area contributed by atoms with Crippen molar-refractivity contribution >= 4 is 15.9 Å². The van der Waals surface area contributed by atoms with Gasteiger partial charge in [0, 0.05) is 10.5 Å². The molecular formula is C19H30BrN. The van der Waals surface area contributed by atoms with Gasteiger partial charge in [-0.3, -0.25) is 0 Å². The monoisotopic (exact) mass is 351 g/mol. The largest absolute Gasteiger partial charge is 0.310 e. The molecule has 0 heterocycles. The Morgan fingerprint density at radius 1 is 1.14 bits per heavy atom. The molecule has 0 radical (unpaired) electrons. The first-order chi connectivity index (χ1) is 9.88. The van der Waals surface area contributed by atoms with Gasteiger partial charge < -0.3 is 5.32 Å². The first kappa shape index (κ1) is 17.0. The van der Waals surface area contributed by atoms with E-state index in [1.54, 1.807) is 0 Å². The average Bonchev–Trinajstić information content (AvgIpc) is 2.45. The van der Waals surface area contributed by atoms with E-state index >= 15 is 0 Å². The summed E-state index contributed by atoms with van der Waals surface area (Å²) in [6.07, 6.45) is 5.58. The van der Waals surface area contributed by atoms with Gasteiger partial charge in [0.25, 0.3) is 0 Å². The van der Waals surface area contributed by atoms with Crippen molar-refractivity contribution in [2.24, 2.45) is 17.3 Å². The summed E-state index contributed by atoms with van der Waals surface area (Å²) in [5.41, 5.74) is 1.85. The Hall–Kier alpha value is -0.340. The highest BCUT2D eigenvalue weighted by Crippen LogP contribution is 2.39. The minimum absolute atomic E-state index is 0.418. The Morgan fingerprint density at radius 2 is 1.76 bits per heavy atom. The zero-order valence-electron chi connectivity index (χ0n) is 14.0. The summed E-state index contributed by atoms with van der Waals surface area (Å²) >= 11 is 3.65. The number of nitrogens with one attached hydrogen (secondary N) is 1. The molecule has 2 rings (SSSR count). The van der Waals surface area contributed by atoms with Crippen LogP contribution in [-0.2, 0) is 0 Å². The van der Waals surface area contributed by atoms with E-state index in [-0.39, 0.29) is 0 Å². The van der Waals surface area contributed by atoms with Gasteiger partial charge in [-0.15, -0.1) is 0 Å². The number of benzene rings is 1. The standard InChI is InChI=1S/C19H30BrN/c1-14(17-7-5-6-8-18(17)20)21-13-15-9-11-16(12-10-15)19(2,3)4/h5-8,14-16,21H,9-13H2,1-4H3. The molecule has 1 unspecified atom stereocenters. The molecule has 2 heteroatoms. The van der Waals surface area contributed by atoms with E-state index in [1.807, 2.05) is 0 Å². The molecular weight excluding hydrogens is 322 g/mol. The zero-order chi connectivity index (χ0) is 15.5. The number of halogens is 1. The van der Waals surface area contributed by atoms with Crippen LogP contribution in [0.4, 0.5) is 0 Å².